The third kappa shape index (κ3) is 7.21. The molecule has 6 rings (SSSR count). The number of piperidine rings is 2. The van der Waals surface area contributed by atoms with Crippen molar-refractivity contribution in [2.75, 3.05) is 53.1 Å². The van der Waals surface area contributed by atoms with E-state index in [-0.39, 0.29) is 38.2 Å². The number of hydrogen-bond donors (Lipinski definition) is 1. The third-order valence-corrected chi connectivity index (χ3v) is 10.3. The van der Waals surface area contributed by atoms with E-state index in [1.807, 2.05) is 11.0 Å². The maximum atomic E-state index is 16.2. The van der Waals surface area contributed by atoms with Gasteiger partial charge in [-0.2, -0.15) is 0 Å². The van der Waals surface area contributed by atoms with Gasteiger partial charge in [0.2, 0.25) is 10.0 Å². The van der Waals surface area contributed by atoms with Gasteiger partial charge in [0.1, 0.15) is 5.83 Å². The largest absolute Gasteiger partial charge is 0.465 e. The first-order valence-corrected chi connectivity index (χ1v) is 17.0. The van der Waals surface area contributed by atoms with Gasteiger partial charge in [0.15, 0.2) is 5.75 Å². The molecule has 1 aliphatic carbocycles. The highest BCUT2D eigenvalue weighted by Crippen LogP contribution is 2.54. The molecular weight excluding hydrogens is 605 g/mol. The summed E-state index contributed by atoms with van der Waals surface area (Å²) in [6.45, 7) is 3.47. The van der Waals surface area contributed by atoms with E-state index in [2.05, 4.69) is 14.6 Å². The molecule has 3 fully saturated rings. The lowest BCUT2D eigenvalue weighted by atomic mass is 9.93. The van der Waals surface area contributed by atoms with Crippen molar-refractivity contribution in [1.29, 1.82) is 0 Å². The number of nitrogens with one attached hydrogen (secondary N) is 1. The Morgan fingerprint density at radius 3 is 2.36 bits per heavy atom. The molecular formula is C33H37F3N4O4S. The highest BCUT2D eigenvalue weighted by molar-refractivity contribution is 7.93. The summed E-state index contributed by atoms with van der Waals surface area (Å²) in [5, 5.41) is 0.697. The molecule has 0 radical (unpaired) electrons. The average Bonchev–Trinajstić information content (AvgIpc) is 3.76. The third-order valence-electron chi connectivity index (χ3n) is 9.12. The van der Waals surface area contributed by atoms with Gasteiger partial charge in [0.25, 0.3) is 5.92 Å². The number of hydrogen-bond acceptors (Lipinski definition) is 7. The van der Waals surface area contributed by atoms with Crippen LogP contribution in [0.5, 0.6) is 0 Å². The molecule has 0 atom stereocenters. The van der Waals surface area contributed by atoms with Crippen LogP contribution < -0.4 is 14.5 Å². The van der Waals surface area contributed by atoms with E-state index < -0.39 is 33.5 Å². The van der Waals surface area contributed by atoms with Crippen LogP contribution in [0.1, 0.15) is 56.6 Å². The van der Waals surface area contributed by atoms with Crippen molar-refractivity contribution in [3.05, 3.63) is 59.8 Å². The number of halogens is 3. The molecule has 2 aromatic carbocycles. The molecule has 0 bridgehead atoms. The summed E-state index contributed by atoms with van der Waals surface area (Å²) in [6, 6.07) is 11.8. The van der Waals surface area contributed by atoms with E-state index in [1.165, 1.54) is 18.9 Å². The Balaban J connectivity index is 1.34. The first-order chi connectivity index (χ1) is 21.4. The summed E-state index contributed by atoms with van der Waals surface area (Å²) < 4.78 is 76.7. The van der Waals surface area contributed by atoms with Gasteiger partial charge in [0, 0.05) is 67.4 Å². The SMILES string of the molecule is CCOC(=O)CS(=O)(=O)Nc1ccc(C=C(F)c2cc(N3CCC(F)(F)CC3)c3ncccc3c2)c(N2CCC3(CC2)CC3)c1. The lowest BCUT2D eigenvalue weighted by molar-refractivity contribution is -0.139. The van der Waals surface area contributed by atoms with Gasteiger partial charge < -0.3 is 14.5 Å². The standard InChI is InChI=1S/C33H37F3N4O4S/c1-2-44-30(41)22-45(42,43)38-26-6-5-23(28(21-26)39-14-9-32(7-8-32)10-15-39)19-27(34)25-18-24-4-3-13-37-31(24)29(20-25)40-16-11-33(35,36)12-17-40/h3-6,13,18-21,38H,2,7-12,14-17,22H2,1H3. The van der Waals surface area contributed by atoms with Crippen molar-refractivity contribution in [3.63, 3.8) is 0 Å². The number of ether oxygens (including phenoxy) is 1. The van der Waals surface area contributed by atoms with Crippen molar-refractivity contribution in [1.82, 2.24) is 4.98 Å². The van der Waals surface area contributed by atoms with Crippen LogP contribution in [0.4, 0.5) is 30.2 Å². The molecule has 2 saturated heterocycles. The van der Waals surface area contributed by atoms with Crippen molar-refractivity contribution < 1.29 is 31.1 Å². The zero-order valence-corrected chi connectivity index (χ0v) is 26.0. The summed E-state index contributed by atoms with van der Waals surface area (Å²) in [7, 11) is -4.02. The van der Waals surface area contributed by atoms with E-state index in [1.54, 1.807) is 49.5 Å². The van der Waals surface area contributed by atoms with Crippen molar-refractivity contribution in [3.8, 4) is 0 Å². The lowest BCUT2D eigenvalue weighted by Gasteiger charge is -2.35. The monoisotopic (exact) mass is 642 g/mol. The molecule has 8 nitrogen and oxygen atoms in total. The fraction of sp³-hybridized carbons (Fsp3) is 0.455. The molecule has 3 heterocycles. The molecule has 45 heavy (non-hydrogen) atoms. The molecule has 1 N–H and O–H groups in total. The molecule has 3 aromatic rings. The van der Waals surface area contributed by atoms with E-state index in [9.17, 15) is 22.0 Å². The first kappa shape index (κ1) is 31.2. The molecule has 2 aliphatic heterocycles. The Labute approximate surface area is 261 Å². The fourth-order valence-electron chi connectivity index (χ4n) is 6.32. The first-order valence-electron chi connectivity index (χ1n) is 15.4. The number of esters is 1. The zero-order valence-electron chi connectivity index (χ0n) is 25.2. The Morgan fingerprint density at radius 2 is 1.67 bits per heavy atom. The molecule has 12 heteroatoms. The Kier molecular flexibility index (Phi) is 8.45. The number of nitrogens with zero attached hydrogens (tertiary/aromatic N) is 3. The number of alkyl halides is 2. The van der Waals surface area contributed by atoms with Gasteiger partial charge in [-0.1, -0.05) is 12.1 Å². The van der Waals surface area contributed by atoms with Gasteiger partial charge in [0.05, 0.1) is 23.5 Å². The Bertz CT molecular complexity index is 1720. The topological polar surface area (TPSA) is 91.8 Å². The maximum Gasteiger partial charge on any atom is 0.323 e. The maximum absolute atomic E-state index is 16.2. The van der Waals surface area contributed by atoms with Gasteiger partial charge >= 0.3 is 5.97 Å². The van der Waals surface area contributed by atoms with E-state index in [0.717, 1.165) is 25.9 Å². The number of sulfonamides is 1. The van der Waals surface area contributed by atoms with Crippen LogP contribution in [-0.4, -0.2) is 63.8 Å². The molecule has 1 aromatic heterocycles. The van der Waals surface area contributed by atoms with Gasteiger partial charge in [-0.3, -0.25) is 14.5 Å². The summed E-state index contributed by atoms with van der Waals surface area (Å²) in [5.41, 5.74) is 3.44. The number of rotatable bonds is 9. The number of benzene rings is 2. The predicted molar refractivity (Wildman–Crippen MR) is 171 cm³/mol. The number of aromatic nitrogens is 1. The lowest BCUT2D eigenvalue weighted by Crippen LogP contribution is -2.39. The number of carbonyl (C=O) groups is 1. The molecule has 0 amide bonds. The highest BCUT2D eigenvalue weighted by Gasteiger charge is 2.44. The van der Waals surface area contributed by atoms with Crippen LogP contribution in [-0.2, 0) is 19.6 Å². The zero-order chi connectivity index (χ0) is 31.8. The highest BCUT2D eigenvalue weighted by atomic mass is 32.2. The Morgan fingerprint density at radius 1 is 0.978 bits per heavy atom. The van der Waals surface area contributed by atoms with E-state index in [4.69, 9.17) is 4.74 Å². The molecule has 240 valence electrons. The second-order valence-corrected chi connectivity index (χ2v) is 14.1. The smallest absolute Gasteiger partial charge is 0.323 e. The van der Waals surface area contributed by atoms with Crippen LogP contribution in [0.3, 0.4) is 0 Å². The van der Waals surface area contributed by atoms with E-state index >= 15 is 4.39 Å². The van der Waals surface area contributed by atoms with Crippen LogP contribution in [0.2, 0.25) is 0 Å². The number of anilines is 3. The van der Waals surface area contributed by atoms with Crippen LogP contribution >= 0.6 is 0 Å². The average molecular weight is 643 g/mol. The second kappa shape index (κ2) is 12.2. The quantitative estimate of drug-likeness (QED) is 0.207. The minimum atomic E-state index is -4.02. The normalized spacial score (nSPS) is 19.5. The summed E-state index contributed by atoms with van der Waals surface area (Å²) in [4.78, 5) is 20.3. The summed E-state index contributed by atoms with van der Waals surface area (Å²) in [5.74, 6) is -4.89. The summed E-state index contributed by atoms with van der Waals surface area (Å²) >= 11 is 0. The Hall–Kier alpha value is -3.80. The van der Waals surface area contributed by atoms with Crippen molar-refractivity contribution in [2.24, 2.45) is 5.41 Å². The fourth-order valence-corrected chi connectivity index (χ4v) is 7.27. The molecule has 1 spiro atoms. The predicted octanol–water partition coefficient (Wildman–Crippen LogP) is 6.62. The van der Waals surface area contributed by atoms with Gasteiger partial charge in [-0.05, 0) is 74.4 Å². The molecule has 3 aliphatic rings. The number of carbonyl (C=O) groups excluding carboxylic acids is 1. The van der Waals surface area contributed by atoms with E-state index in [0.29, 0.717) is 38.8 Å². The summed E-state index contributed by atoms with van der Waals surface area (Å²) in [6.07, 6.45) is 6.95. The van der Waals surface area contributed by atoms with Gasteiger partial charge in [-0.15, -0.1) is 0 Å². The van der Waals surface area contributed by atoms with Crippen molar-refractivity contribution >= 4 is 55.9 Å². The van der Waals surface area contributed by atoms with Crippen LogP contribution in [0, 0.1) is 5.41 Å². The second-order valence-electron chi connectivity index (χ2n) is 12.3. The molecule has 0 unspecified atom stereocenters. The van der Waals surface area contributed by atoms with Gasteiger partial charge in [-0.25, -0.2) is 21.6 Å². The minimum absolute atomic E-state index is 0.0741. The van der Waals surface area contributed by atoms with Crippen LogP contribution in [0.15, 0.2) is 48.7 Å². The van der Waals surface area contributed by atoms with Crippen molar-refractivity contribution in [2.45, 2.75) is 51.4 Å². The number of pyridine rings is 1. The minimum Gasteiger partial charge on any atom is -0.465 e. The number of fused-ring (bicyclic) bond motifs is 1. The van der Waals surface area contributed by atoms with Crippen LogP contribution in [0.25, 0.3) is 22.8 Å². The molecule has 1 saturated carbocycles.